The summed E-state index contributed by atoms with van der Waals surface area (Å²) in [6.45, 7) is 7.59. The summed E-state index contributed by atoms with van der Waals surface area (Å²) in [5.41, 5.74) is 1.48. The third-order valence-electron chi connectivity index (χ3n) is 4.98. The molecule has 0 aliphatic heterocycles. The minimum Gasteiger partial charge on any atom is -0.496 e. The number of rotatable bonds is 8. The molecule has 0 atom stereocenters. The van der Waals surface area contributed by atoms with E-state index in [2.05, 4.69) is 15.0 Å². The molecule has 10 heteroatoms. The topological polar surface area (TPSA) is 91.6 Å². The van der Waals surface area contributed by atoms with E-state index in [0.717, 1.165) is 5.56 Å². The molecule has 0 aliphatic carbocycles. The summed E-state index contributed by atoms with van der Waals surface area (Å²) in [5.74, 6) is 0.748. The molecule has 168 valence electrons. The van der Waals surface area contributed by atoms with Crippen LogP contribution in [0.3, 0.4) is 0 Å². The summed E-state index contributed by atoms with van der Waals surface area (Å²) in [4.78, 5) is 3.58. The van der Waals surface area contributed by atoms with Crippen molar-refractivity contribution in [1.29, 1.82) is 0 Å². The fraction of sp³-hybridized carbons (Fsp3) is 0.174. The molecule has 0 amide bonds. The maximum absolute atomic E-state index is 13.0. The van der Waals surface area contributed by atoms with Crippen LogP contribution in [0.4, 0.5) is 5.69 Å². The number of aryl methyl sites for hydroxylation is 1. The van der Waals surface area contributed by atoms with E-state index >= 15 is 0 Å². The smallest absolute Gasteiger partial charge is 0.214 e. The Morgan fingerprint density at radius 3 is 2.58 bits per heavy atom. The highest BCUT2D eigenvalue weighted by atomic mass is 35.5. The number of hydrogen-bond acceptors (Lipinski definition) is 6. The van der Waals surface area contributed by atoms with Gasteiger partial charge in [-0.15, -0.1) is 10.2 Å². The highest BCUT2D eigenvalue weighted by Gasteiger charge is 2.26. The first-order valence-electron chi connectivity index (χ1n) is 9.89. The number of methoxy groups -OCH3 is 1. The van der Waals surface area contributed by atoms with E-state index in [0.29, 0.717) is 28.6 Å². The lowest BCUT2D eigenvalue weighted by atomic mass is 10.2. The van der Waals surface area contributed by atoms with E-state index in [1.165, 1.54) is 17.9 Å². The van der Waals surface area contributed by atoms with Crippen LogP contribution in [0.5, 0.6) is 5.75 Å². The van der Waals surface area contributed by atoms with Crippen molar-refractivity contribution in [3.05, 3.63) is 88.7 Å². The maximum atomic E-state index is 13.0. The van der Waals surface area contributed by atoms with Gasteiger partial charge in [-0.2, -0.15) is 0 Å². The Hall–Kier alpha value is -3.61. The van der Waals surface area contributed by atoms with Crippen molar-refractivity contribution in [1.82, 2.24) is 14.8 Å². The van der Waals surface area contributed by atoms with Gasteiger partial charge in [-0.3, -0.25) is 4.57 Å². The molecule has 4 rings (SSSR count). The van der Waals surface area contributed by atoms with Crippen LogP contribution in [0.1, 0.15) is 11.4 Å². The number of benzene rings is 2. The molecule has 2 aromatic heterocycles. The molecule has 0 saturated heterocycles. The normalized spacial score (nSPS) is 11.3. The average Bonchev–Trinajstić information content (AvgIpc) is 3.48. The molecular weight excluding hydrogens is 464 g/mol. The van der Waals surface area contributed by atoms with Gasteiger partial charge in [0.15, 0.2) is 21.4 Å². The Bertz CT molecular complexity index is 1410. The molecule has 2 heterocycles. The van der Waals surface area contributed by atoms with Crippen molar-refractivity contribution in [2.45, 2.75) is 12.2 Å². The SMILES string of the molecule is [C-]#[N+]c1cccc(OC)c1-n1c(CS(=O)(=O)CCc2ccc(Cl)cc2)nnc1-c1ccco1. The molecule has 0 fully saturated rings. The molecule has 0 unspecified atom stereocenters. The van der Waals surface area contributed by atoms with Gasteiger partial charge in [-0.05, 0) is 42.3 Å². The fourth-order valence-corrected chi connectivity index (χ4v) is 4.79. The lowest BCUT2D eigenvalue weighted by Gasteiger charge is -2.15. The van der Waals surface area contributed by atoms with Crippen LogP contribution in [0, 0.1) is 6.57 Å². The second kappa shape index (κ2) is 9.48. The number of ether oxygens (including phenoxy) is 1. The molecule has 0 N–H and O–H groups in total. The molecule has 0 spiro atoms. The highest BCUT2D eigenvalue weighted by molar-refractivity contribution is 7.90. The Morgan fingerprint density at radius 1 is 1.12 bits per heavy atom. The number of sulfone groups is 1. The van der Waals surface area contributed by atoms with Crippen LogP contribution in [0.25, 0.3) is 22.1 Å². The summed E-state index contributed by atoms with van der Waals surface area (Å²) in [6.07, 6.45) is 1.82. The van der Waals surface area contributed by atoms with Crippen molar-refractivity contribution in [2.24, 2.45) is 0 Å². The van der Waals surface area contributed by atoms with E-state index in [-0.39, 0.29) is 28.8 Å². The van der Waals surface area contributed by atoms with Gasteiger partial charge >= 0.3 is 0 Å². The quantitative estimate of drug-likeness (QED) is 0.332. The molecule has 33 heavy (non-hydrogen) atoms. The second-order valence-corrected chi connectivity index (χ2v) is 9.78. The number of para-hydroxylation sites is 1. The monoisotopic (exact) mass is 482 g/mol. The zero-order valence-corrected chi connectivity index (χ0v) is 19.2. The first-order chi connectivity index (χ1) is 15.9. The molecule has 0 radical (unpaired) electrons. The number of halogens is 1. The number of aromatic nitrogens is 3. The summed E-state index contributed by atoms with van der Waals surface area (Å²) in [7, 11) is -2.10. The minimum absolute atomic E-state index is 0.0841. The molecular formula is C23H19ClN4O4S. The Balaban J connectivity index is 1.74. The van der Waals surface area contributed by atoms with Gasteiger partial charge in [0.2, 0.25) is 11.5 Å². The van der Waals surface area contributed by atoms with Gasteiger partial charge in [0, 0.05) is 5.02 Å². The Morgan fingerprint density at radius 2 is 1.91 bits per heavy atom. The summed E-state index contributed by atoms with van der Waals surface area (Å²) >= 11 is 5.90. The third kappa shape index (κ3) is 4.92. The van der Waals surface area contributed by atoms with E-state index in [4.69, 9.17) is 27.3 Å². The Labute approximate surface area is 196 Å². The first kappa shape index (κ1) is 22.6. The maximum Gasteiger partial charge on any atom is 0.214 e. The lowest BCUT2D eigenvalue weighted by molar-refractivity contribution is 0.413. The Kier molecular flexibility index (Phi) is 6.49. The van der Waals surface area contributed by atoms with Gasteiger partial charge in [0.25, 0.3) is 0 Å². The van der Waals surface area contributed by atoms with Crippen LogP contribution < -0.4 is 4.74 Å². The fourth-order valence-electron chi connectivity index (χ4n) is 3.39. The summed E-state index contributed by atoms with van der Waals surface area (Å²) in [6, 6.07) is 15.4. The molecule has 0 bridgehead atoms. The zero-order chi connectivity index (χ0) is 23.4. The first-order valence-corrected chi connectivity index (χ1v) is 12.1. The standard InChI is InChI=1S/C23H19ClN4O4S/c1-25-18-5-3-6-19(31-2)22(18)28-21(26-27-23(28)20-7-4-13-32-20)15-33(29,30)14-12-16-8-10-17(24)11-9-16/h3-11,13H,12,14-15H2,2H3. The molecule has 0 aliphatic rings. The van der Waals surface area contributed by atoms with Crippen molar-refractivity contribution < 1.29 is 17.6 Å². The molecule has 8 nitrogen and oxygen atoms in total. The van der Waals surface area contributed by atoms with Gasteiger partial charge < -0.3 is 9.15 Å². The molecule has 0 saturated carbocycles. The van der Waals surface area contributed by atoms with Crippen LogP contribution in [-0.4, -0.2) is 36.0 Å². The number of nitrogens with zero attached hydrogens (tertiary/aromatic N) is 4. The summed E-state index contributed by atoms with van der Waals surface area (Å²) < 4.78 is 38.5. The van der Waals surface area contributed by atoms with Crippen LogP contribution in [0.2, 0.25) is 5.02 Å². The highest BCUT2D eigenvalue weighted by Crippen LogP contribution is 2.37. The van der Waals surface area contributed by atoms with Crippen LogP contribution in [-0.2, 0) is 22.0 Å². The van der Waals surface area contributed by atoms with E-state index < -0.39 is 9.84 Å². The van der Waals surface area contributed by atoms with Gasteiger partial charge in [-0.1, -0.05) is 35.9 Å². The third-order valence-corrected chi connectivity index (χ3v) is 6.75. The van der Waals surface area contributed by atoms with Gasteiger partial charge in [-0.25, -0.2) is 13.3 Å². The van der Waals surface area contributed by atoms with Crippen LogP contribution in [0.15, 0.2) is 65.3 Å². The van der Waals surface area contributed by atoms with Crippen molar-refractivity contribution in [2.75, 3.05) is 12.9 Å². The van der Waals surface area contributed by atoms with E-state index in [9.17, 15) is 8.42 Å². The van der Waals surface area contributed by atoms with E-state index in [1.807, 2.05) is 0 Å². The molecule has 2 aromatic carbocycles. The summed E-state index contributed by atoms with van der Waals surface area (Å²) in [5, 5.41) is 8.92. The zero-order valence-electron chi connectivity index (χ0n) is 17.6. The number of furan rings is 1. The predicted molar refractivity (Wildman–Crippen MR) is 125 cm³/mol. The van der Waals surface area contributed by atoms with Gasteiger partial charge in [0.1, 0.15) is 11.5 Å². The van der Waals surface area contributed by atoms with Crippen molar-refractivity contribution in [3.8, 4) is 23.0 Å². The second-order valence-electron chi connectivity index (χ2n) is 7.16. The minimum atomic E-state index is -3.57. The van der Waals surface area contributed by atoms with Gasteiger partial charge in [0.05, 0.1) is 31.4 Å². The number of hydrogen-bond donors (Lipinski definition) is 0. The largest absolute Gasteiger partial charge is 0.496 e. The van der Waals surface area contributed by atoms with Crippen LogP contribution >= 0.6 is 11.6 Å². The van der Waals surface area contributed by atoms with Crippen molar-refractivity contribution in [3.63, 3.8) is 0 Å². The average molecular weight is 483 g/mol. The molecule has 4 aromatic rings. The predicted octanol–water partition coefficient (Wildman–Crippen LogP) is 4.90. The van der Waals surface area contributed by atoms with Crippen molar-refractivity contribution >= 4 is 27.1 Å². The van der Waals surface area contributed by atoms with E-state index in [1.54, 1.807) is 54.6 Å². The lowest BCUT2D eigenvalue weighted by Crippen LogP contribution is -2.15.